The highest BCUT2D eigenvalue weighted by Crippen LogP contribution is 2.39. The quantitative estimate of drug-likeness (QED) is 0.466. The predicted octanol–water partition coefficient (Wildman–Crippen LogP) is 6.23. The number of benzene rings is 3. The number of nitrogens with zero attached hydrogens (tertiary/aromatic N) is 2. The summed E-state index contributed by atoms with van der Waals surface area (Å²) in [5, 5.41) is 1.51. The first-order valence-electron chi connectivity index (χ1n) is 9.31. The van der Waals surface area contributed by atoms with Crippen LogP contribution in [0.15, 0.2) is 66.7 Å². The number of halogens is 3. The van der Waals surface area contributed by atoms with Gasteiger partial charge in [-0.05, 0) is 55.5 Å². The third-order valence-corrected chi connectivity index (χ3v) is 6.09. The SMILES string of the molecule is C[C@@H]1C(=O)N(Cc2c(Cl)cccc2Cl)c2ccccc2N1C(=O)c1ccc(Cl)cc1. The normalized spacial score (nSPS) is 15.9. The van der Waals surface area contributed by atoms with E-state index >= 15 is 0 Å². The molecule has 3 aromatic carbocycles. The molecule has 0 fully saturated rings. The van der Waals surface area contributed by atoms with Crippen molar-refractivity contribution in [3.63, 3.8) is 0 Å². The van der Waals surface area contributed by atoms with E-state index in [1.807, 2.05) is 24.3 Å². The van der Waals surface area contributed by atoms with Crippen LogP contribution in [0.5, 0.6) is 0 Å². The van der Waals surface area contributed by atoms with Crippen molar-refractivity contribution in [1.82, 2.24) is 0 Å². The molecule has 3 aromatic rings. The molecule has 0 N–H and O–H groups in total. The molecule has 7 heteroatoms. The fourth-order valence-electron chi connectivity index (χ4n) is 3.58. The average Bonchev–Trinajstić information content (AvgIpc) is 2.74. The van der Waals surface area contributed by atoms with Crippen molar-refractivity contribution in [1.29, 1.82) is 0 Å². The summed E-state index contributed by atoms with van der Waals surface area (Å²) in [4.78, 5) is 29.8. The van der Waals surface area contributed by atoms with Gasteiger partial charge in [-0.25, -0.2) is 0 Å². The molecule has 1 aliphatic rings. The van der Waals surface area contributed by atoms with E-state index in [0.717, 1.165) is 0 Å². The maximum atomic E-state index is 13.3. The number of carbonyl (C=O) groups excluding carboxylic acids is 2. The van der Waals surface area contributed by atoms with Crippen LogP contribution in [0.25, 0.3) is 0 Å². The molecule has 152 valence electrons. The Kier molecular flexibility index (Phi) is 5.74. The number of anilines is 2. The fourth-order valence-corrected chi connectivity index (χ4v) is 4.22. The highest BCUT2D eigenvalue weighted by atomic mass is 35.5. The topological polar surface area (TPSA) is 40.6 Å². The zero-order valence-corrected chi connectivity index (χ0v) is 18.2. The lowest BCUT2D eigenvalue weighted by Gasteiger charge is -2.40. The second kappa shape index (κ2) is 8.31. The van der Waals surface area contributed by atoms with Crippen molar-refractivity contribution in [3.05, 3.63) is 92.9 Å². The van der Waals surface area contributed by atoms with Crippen molar-refractivity contribution in [3.8, 4) is 0 Å². The van der Waals surface area contributed by atoms with E-state index in [1.165, 1.54) is 4.90 Å². The van der Waals surface area contributed by atoms with Crippen LogP contribution in [0.3, 0.4) is 0 Å². The second-order valence-electron chi connectivity index (χ2n) is 6.97. The molecule has 30 heavy (non-hydrogen) atoms. The summed E-state index contributed by atoms with van der Waals surface area (Å²) >= 11 is 18.6. The zero-order valence-electron chi connectivity index (χ0n) is 16.0. The van der Waals surface area contributed by atoms with Gasteiger partial charge in [0.15, 0.2) is 0 Å². The summed E-state index contributed by atoms with van der Waals surface area (Å²) in [6, 6.07) is 18.5. The fraction of sp³-hybridized carbons (Fsp3) is 0.130. The molecule has 0 aromatic heterocycles. The smallest absolute Gasteiger partial charge is 0.259 e. The van der Waals surface area contributed by atoms with Crippen molar-refractivity contribution in [2.75, 3.05) is 9.80 Å². The van der Waals surface area contributed by atoms with Gasteiger partial charge in [0, 0.05) is 26.2 Å². The number of hydrogen-bond acceptors (Lipinski definition) is 2. The van der Waals surface area contributed by atoms with E-state index in [-0.39, 0.29) is 18.4 Å². The lowest BCUT2D eigenvalue weighted by Crippen LogP contribution is -2.54. The molecule has 1 aliphatic heterocycles. The molecule has 4 nitrogen and oxygen atoms in total. The number of fused-ring (bicyclic) bond motifs is 1. The molecule has 0 unspecified atom stereocenters. The van der Waals surface area contributed by atoms with Gasteiger partial charge < -0.3 is 4.90 Å². The van der Waals surface area contributed by atoms with E-state index in [9.17, 15) is 9.59 Å². The van der Waals surface area contributed by atoms with Gasteiger partial charge in [-0.3, -0.25) is 14.5 Å². The summed E-state index contributed by atoms with van der Waals surface area (Å²) in [6.45, 7) is 1.93. The number of amides is 2. The summed E-state index contributed by atoms with van der Waals surface area (Å²) in [5.41, 5.74) is 2.39. The number of rotatable bonds is 3. The third kappa shape index (κ3) is 3.67. The lowest BCUT2D eigenvalue weighted by molar-refractivity contribution is -0.119. The molecule has 0 aliphatic carbocycles. The Bertz CT molecular complexity index is 1110. The van der Waals surface area contributed by atoms with Gasteiger partial charge >= 0.3 is 0 Å². The summed E-state index contributed by atoms with van der Waals surface area (Å²) in [5.74, 6) is -0.484. The van der Waals surface area contributed by atoms with Gasteiger partial charge in [0.2, 0.25) is 5.91 Å². The molecular formula is C23H17Cl3N2O2. The van der Waals surface area contributed by atoms with Crippen molar-refractivity contribution >= 4 is 58.0 Å². The number of hydrogen-bond donors (Lipinski definition) is 0. The van der Waals surface area contributed by atoms with Crippen LogP contribution in [-0.2, 0) is 11.3 Å². The average molecular weight is 460 g/mol. The largest absolute Gasteiger partial charge is 0.304 e. The van der Waals surface area contributed by atoms with E-state index < -0.39 is 6.04 Å². The lowest BCUT2D eigenvalue weighted by atomic mass is 10.0. The zero-order chi connectivity index (χ0) is 21.4. The van der Waals surface area contributed by atoms with Crippen LogP contribution in [0, 0.1) is 0 Å². The van der Waals surface area contributed by atoms with Crippen LogP contribution in [0.4, 0.5) is 11.4 Å². The van der Waals surface area contributed by atoms with Crippen LogP contribution in [0.2, 0.25) is 15.1 Å². The number of para-hydroxylation sites is 2. The first kappa shape index (κ1) is 20.7. The molecule has 1 heterocycles. The molecule has 0 radical (unpaired) electrons. The maximum absolute atomic E-state index is 13.3. The van der Waals surface area contributed by atoms with E-state index in [4.69, 9.17) is 34.8 Å². The Morgan fingerprint density at radius 3 is 2.10 bits per heavy atom. The molecular weight excluding hydrogens is 443 g/mol. The Hall–Kier alpha value is -2.53. The van der Waals surface area contributed by atoms with Gasteiger partial charge in [0.05, 0.1) is 17.9 Å². The first-order valence-corrected chi connectivity index (χ1v) is 10.4. The molecule has 0 spiro atoms. The third-order valence-electron chi connectivity index (χ3n) is 5.13. The Morgan fingerprint density at radius 2 is 1.47 bits per heavy atom. The summed E-state index contributed by atoms with van der Waals surface area (Å²) in [7, 11) is 0. The minimum atomic E-state index is -0.704. The Morgan fingerprint density at radius 1 is 0.867 bits per heavy atom. The highest BCUT2D eigenvalue weighted by molar-refractivity contribution is 6.36. The van der Waals surface area contributed by atoms with Crippen LogP contribution in [0.1, 0.15) is 22.8 Å². The summed E-state index contributed by atoms with van der Waals surface area (Å²) < 4.78 is 0. The van der Waals surface area contributed by atoms with Gasteiger partial charge in [0.25, 0.3) is 5.91 Å². The van der Waals surface area contributed by atoms with Crippen LogP contribution in [-0.4, -0.2) is 17.9 Å². The minimum absolute atomic E-state index is 0.210. The van der Waals surface area contributed by atoms with E-state index in [2.05, 4.69) is 0 Å². The summed E-state index contributed by atoms with van der Waals surface area (Å²) in [6.07, 6.45) is 0. The standard InChI is InChI=1S/C23H17Cl3N2O2/c1-14-22(29)27(13-17-18(25)5-4-6-19(17)26)20-7-2-3-8-21(20)28(14)23(30)15-9-11-16(24)12-10-15/h2-12,14H,13H2,1H3/t14-/m1/s1. The molecule has 0 bridgehead atoms. The van der Waals surface area contributed by atoms with E-state index in [1.54, 1.807) is 54.3 Å². The van der Waals surface area contributed by atoms with Crippen LogP contribution >= 0.6 is 34.8 Å². The first-order chi connectivity index (χ1) is 14.4. The van der Waals surface area contributed by atoms with E-state index in [0.29, 0.717) is 37.6 Å². The molecule has 1 atom stereocenters. The monoisotopic (exact) mass is 458 g/mol. The Balaban J connectivity index is 1.77. The van der Waals surface area contributed by atoms with Crippen LogP contribution < -0.4 is 9.80 Å². The second-order valence-corrected chi connectivity index (χ2v) is 8.22. The molecule has 0 saturated heterocycles. The van der Waals surface area contributed by atoms with Gasteiger partial charge in [-0.2, -0.15) is 0 Å². The highest BCUT2D eigenvalue weighted by Gasteiger charge is 2.39. The van der Waals surface area contributed by atoms with Gasteiger partial charge in [0.1, 0.15) is 6.04 Å². The molecule has 0 saturated carbocycles. The van der Waals surface area contributed by atoms with Crippen molar-refractivity contribution < 1.29 is 9.59 Å². The van der Waals surface area contributed by atoms with Crippen molar-refractivity contribution in [2.45, 2.75) is 19.5 Å². The molecule has 4 rings (SSSR count). The number of carbonyl (C=O) groups is 2. The van der Waals surface area contributed by atoms with Gasteiger partial charge in [-0.1, -0.05) is 53.0 Å². The Labute approximate surface area is 189 Å². The maximum Gasteiger partial charge on any atom is 0.259 e. The van der Waals surface area contributed by atoms with Gasteiger partial charge in [-0.15, -0.1) is 0 Å². The predicted molar refractivity (Wildman–Crippen MR) is 122 cm³/mol. The van der Waals surface area contributed by atoms with Crippen molar-refractivity contribution in [2.24, 2.45) is 0 Å². The minimum Gasteiger partial charge on any atom is -0.304 e. The molecule has 2 amide bonds.